The maximum atomic E-state index is 12.4. The Balaban J connectivity index is 3.40. The van der Waals surface area contributed by atoms with Crippen molar-refractivity contribution < 1.29 is 24.5 Å². The zero-order valence-electron chi connectivity index (χ0n) is 49.8. The van der Waals surface area contributed by atoms with Gasteiger partial charge in [0.25, 0.3) is 0 Å². The van der Waals surface area contributed by atoms with Gasteiger partial charge in [0.1, 0.15) is 0 Å². The molecule has 0 aromatic rings. The van der Waals surface area contributed by atoms with Crippen molar-refractivity contribution in [2.24, 2.45) is 0 Å². The first-order valence-corrected chi connectivity index (χ1v) is 33.3. The highest BCUT2D eigenvalue weighted by Gasteiger charge is 2.18. The van der Waals surface area contributed by atoms with Crippen molar-refractivity contribution in [2.45, 2.75) is 373 Å². The number of aliphatic hydroxyl groups excluding tert-OH is 2. The molecule has 0 radical (unpaired) electrons. The van der Waals surface area contributed by atoms with E-state index in [1.54, 1.807) is 6.08 Å². The first kappa shape index (κ1) is 72.1. The lowest BCUT2D eigenvalue weighted by atomic mass is 10.0. The molecule has 6 nitrogen and oxygen atoms in total. The summed E-state index contributed by atoms with van der Waals surface area (Å²) >= 11 is 0. The standard InChI is InChI=1S/C68H129NO5/c1-3-5-7-9-11-13-15-17-18-19-32-35-38-42-46-50-54-58-62-68(73)74-63-59-55-51-47-43-39-36-33-30-28-26-24-22-20-21-23-25-27-29-31-34-37-41-45-49-53-57-61-67(72)69-65(64-70)66(71)60-56-52-48-44-40-16-14-12-10-8-6-4-2/h20-21,24,26,56,60,65-66,70-71H,3-19,22-23,25,27-55,57-59,61-64H2,1-2H3,(H,69,72)/b21-20-,26-24-,60-56+. The Morgan fingerprint density at radius 1 is 0.378 bits per heavy atom. The third-order valence-corrected chi connectivity index (χ3v) is 15.4. The van der Waals surface area contributed by atoms with Crippen LogP contribution in [0.2, 0.25) is 0 Å². The van der Waals surface area contributed by atoms with Crippen LogP contribution in [-0.4, -0.2) is 47.4 Å². The Hall–Kier alpha value is -1.92. The maximum absolute atomic E-state index is 12.4. The van der Waals surface area contributed by atoms with Crippen molar-refractivity contribution in [1.82, 2.24) is 5.32 Å². The second-order valence-corrected chi connectivity index (χ2v) is 22.8. The fraction of sp³-hybridized carbons (Fsp3) is 0.882. The van der Waals surface area contributed by atoms with E-state index in [0.717, 1.165) is 44.9 Å². The third-order valence-electron chi connectivity index (χ3n) is 15.4. The molecule has 0 aliphatic carbocycles. The Labute approximate surface area is 462 Å². The molecule has 0 rings (SSSR count). The number of hydrogen-bond acceptors (Lipinski definition) is 5. The highest BCUT2D eigenvalue weighted by Crippen LogP contribution is 2.18. The van der Waals surface area contributed by atoms with Crippen LogP contribution >= 0.6 is 0 Å². The van der Waals surface area contributed by atoms with Gasteiger partial charge in [-0.1, -0.05) is 320 Å². The summed E-state index contributed by atoms with van der Waals surface area (Å²) in [5, 5.41) is 23.1. The molecule has 0 aromatic carbocycles. The van der Waals surface area contributed by atoms with E-state index in [4.69, 9.17) is 4.74 Å². The zero-order valence-corrected chi connectivity index (χ0v) is 49.8. The number of aliphatic hydroxyl groups is 2. The lowest BCUT2D eigenvalue weighted by Gasteiger charge is -2.20. The van der Waals surface area contributed by atoms with Crippen molar-refractivity contribution >= 4 is 11.9 Å². The number of amides is 1. The summed E-state index contributed by atoms with van der Waals surface area (Å²) in [6.07, 6.45) is 80.7. The lowest BCUT2D eigenvalue weighted by Crippen LogP contribution is -2.45. The van der Waals surface area contributed by atoms with Crippen LogP contribution in [0.5, 0.6) is 0 Å². The molecule has 2 unspecified atom stereocenters. The summed E-state index contributed by atoms with van der Waals surface area (Å²) in [5.41, 5.74) is 0. The minimum atomic E-state index is -0.846. The first-order chi connectivity index (χ1) is 36.5. The second kappa shape index (κ2) is 63.6. The van der Waals surface area contributed by atoms with Gasteiger partial charge in [-0.15, -0.1) is 0 Å². The lowest BCUT2D eigenvalue weighted by molar-refractivity contribution is -0.143. The van der Waals surface area contributed by atoms with Crippen LogP contribution in [0.25, 0.3) is 0 Å². The first-order valence-electron chi connectivity index (χ1n) is 33.3. The Bertz CT molecular complexity index is 1200. The highest BCUT2D eigenvalue weighted by molar-refractivity contribution is 5.76. The SMILES string of the molecule is CCCCCCCCCCCC/C=C/C(O)C(CO)NC(=O)CCCCCCCCCCCCC/C=C\C/C=C\CCCCCCCCCCCOC(=O)CCCCCCCCCCCCCCCCCCCC. The van der Waals surface area contributed by atoms with Gasteiger partial charge in [0.05, 0.1) is 25.4 Å². The van der Waals surface area contributed by atoms with Gasteiger partial charge in [0, 0.05) is 12.8 Å². The van der Waals surface area contributed by atoms with Crippen molar-refractivity contribution in [2.75, 3.05) is 13.2 Å². The molecule has 0 aliphatic heterocycles. The highest BCUT2D eigenvalue weighted by atomic mass is 16.5. The van der Waals surface area contributed by atoms with E-state index in [1.807, 2.05) is 6.08 Å². The number of rotatable bonds is 62. The molecule has 0 saturated heterocycles. The number of carbonyl (C=O) groups excluding carboxylic acids is 2. The van der Waals surface area contributed by atoms with E-state index < -0.39 is 12.1 Å². The number of carbonyl (C=O) groups is 2. The number of unbranched alkanes of at least 4 members (excludes halogenated alkanes) is 47. The van der Waals surface area contributed by atoms with E-state index in [-0.39, 0.29) is 18.5 Å². The number of nitrogens with one attached hydrogen (secondary N) is 1. The van der Waals surface area contributed by atoms with Crippen LogP contribution in [0.15, 0.2) is 36.5 Å². The molecule has 0 aliphatic rings. The Kier molecular flexibility index (Phi) is 62.0. The van der Waals surface area contributed by atoms with Crippen LogP contribution in [0, 0.1) is 0 Å². The summed E-state index contributed by atoms with van der Waals surface area (Å²) in [6.45, 7) is 4.92. The summed E-state index contributed by atoms with van der Waals surface area (Å²) in [6, 6.07) is -0.629. The molecule has 0 aromatic heterocycles. The summed E-state index contributed by atoms with van der Waals surface area (Å²) in [4.78, 5) is 24.5. The van der Waals surface area contributed by atoms with E-state index in [1.165, 1.54) is 289 Å². The average molecular weight is 1040 g/mol. The molecule has 0 bridgehead atoms. The molecule has 0 fully saturated rings. The van der Waals surface area contributed by atoms with Gasteiger partial charge in [-0.3, -0.25) is 9.59 Å². The normalized spacial score (nSPS) is 12.8. The molecule has 74 heavy (non-hydrogen) atoms. The Morgan fingerprint density at radius 2 is 0.676 bits per heavy atom. The monoisotopic (exact) mass is 1040 g/mol. The topological polar surface area (TPSA) is 95.9 Å². The third kappa shape index (κ3) is 59.3. The van der Waals surface area contributed by atoms with Crippen LogP contribution in [-0.2, 0) is 14.3 Å². The molecule has 6 heteroatoms. The summed E-state index contributed by atoms with van der Waals surface area (Å²) in [7, 11) is 0. The summed E-state index contributed by atoms with van der Waals surface area (Å²) < 4.78 is 5.50. The van der Waals surface area contributed by atoms with Gasteiger partial charge in [0.15, 0.2) is 0 Å². The molecule has 0 heterocycles. The quantitative estimate of drug-likeness (QED) is 0.0320. The van der Waals surface area contributed by atoms with Crippen LogP contribution < -0.4 is 5.32 Å². The minimum Gasteiger partial charge on any atom is -0.466 e. The van der Waals surface area contributed by atoms with Gasteiger partial charge >= 0.3 is 5.97 Å². The van der Waals surface area contributed by atoms with Gasteiger partial charge in [-0.05, 0) is 64.2 Å². The molecule has 3 N–H and O–H groups in total. The Morgan fingerprint density at radius 3 is 1.03 bits per heavy atom. The van der Waals surface area contributed by atoms with Gasteiger partial charge < -0.3 is 20.3 Å². The molecule has 1 amide bonds. The van der Waals surface area contributed by atoms with Crippen molar-refractivity contribution in [3.05, 3.63) is 36.5 Å². The van der Waals surface area contributed by atoms with Crippen LogP contribution in [0.4, 0.5) is 0 Å². The molecular formula is C68H129NO5. The van der Waals surface area contributed by atoms with Crippen LogP contribution in [0.3, 0.4) is 0 Å². The number of hydrogen-bond donors (Lipinski definition) is 3. The van der Waals surface area contributed by atoms with Crippen molar-refractivity contribution in [3.63, 3.8) is 0 Å². The molecule has 2 atom stereocenters. The average Bonchev–Trinajstić information content (AvgIpc) is 3.40. The van der Waals surface area contributed by atoms with E-state index in [0.29, 0.717) is 19.4 Å². The van der Waals surface area contributed by atoms with Gasteiger partial charge in [-0.2, -0.15) is 0 Å². The van der Waals surface area contributed by atoms with E-state index in [2.05, 4.69) is 43.5 Å². The van der Waals surface area contributed by atoms with Gasteiger partial charge in [0.2, 0.25) is 5.91 Å². The van der Waals surface area contributed by atoms with Crippen molar-refractivity contribution in [1.29, 1.82) is 0 Å². The van der Waals surface area contributed by atoms with E-state index in [9.17, 15) is 19.8 Å². The zero-order chi connectivity index (χ0) is 53.6. The fourth-order valence-corrected chi connectivity index (χ4v) is 10.3. The number of esters is 1. The van der Waals surface area contributed by atoms with E-state index >= 15 is 0 Å². The second-order valence-electron chi connectivity index (χ2n) is 22.8. The molecular weight excluding hydrogens is 911 g/mol. The van der Waals surface area contributed by atoms with Crippen molar-refractivity contribution in [3.8, 4) is 0 Å². The van der Waals surface area contributed by atoms with Crippen LogP contribution in [0.1, 0.15) is 361 Å². The number of allylic oxidation sites excluding steroid dienone is 5. The minimum absolute atomic E-state index is 0.0148. The number of ether oxygens (including phenoxy) is 1. The van der Waals surface area contributed by atoms with Gasteiger partial charge in [-0.25, -0.2) is 0 Å². The molecule has 436 valence electrons. The summed E-state index contributed by atoms with van der Waals surface area (Å²) in [5.74, 6) is -0.0562. The maximum Gasteiger partial charge on any atom is 0.305 e. The molecule has 0 saturated carbocycles. The fourth-order valence-electron chi connectivity index (χ4n) is 10.3. The smallest absolute Gasteiger partial charge is 0.305 e. The predicted molar refractivity (Wildman–Crippen MR) is 324 cm³/mol. The molecule has 0 spiro atoms. The predicted octanol–water partition coefficient (Wildman–Crippen LogP) is 21.1. The largest absolute Gasteiger partial charge is 0.466 e.